The molecule has 0 bridgehead atoms. The zero-order valence-electron chi connectivity index (χ0n) is 8.57. The number of carbonyl (C=O) groups is 1. The number of hydrogen-bond donors (Lipinski definition) is 0. The maximum absolute atomic E-state index is 11.6. The molecular formula is C10H17NO2S. The summed E-state index contributed by atoms with van der Waals surface area (Å²) in [6.07, 6.45) is 2.40. The number of methoxy groups -OCH3 is 1. The molecule has 2 rings (SSSR count). The van der Waals surface area contributed by atoms with Crippen LogP contribution >= 0.6 is 11.8 Å². The van der Waals surface area contributed by atoms with Crippen LogP contribution in [0, 0.1) is 5.92 Å². The van der Waals surface area contributed by atoms with E-state index in [-0.39, 0.29) is 12.0 Å². The molecule has 0 spiro atoms. The van der Waals surface area contributed by atoms with Gasteiger partial charge in [0.05, 0.1) is 7.11 Å². The summed E-state index contributed by atoms with van der Waals surface area (Å²) >= 11 is 1.97. The Bertz CT molecular complexity index is 212. The monoisotopic (exact) mass is 215 g/mol. The smallest absolute Gasteiger partial charge is 0.323 e. The van der Waals surface area contributed by atoms with Crippen LogP contribution in [0.2, 0.25) is 0 Å². The minimum absolute atomic E-state index is 0.0283. The fraction of sp³-hybridized carbons (Fsp3) is 0.900. The summed E-state index contributed by atoms with van der Waals surface area (Å²) in [5.41, 5.74) is 0. The number of nitrogens with zero attached hydrogens (tertiary/aromatic N) is 1. The molecule has 0 radical (unpaired) electrons. The van der Waals surface area contributed by atoms with Gasteiger partial charge in [-0.15, -0.1) is 0 Å². The largest absolute Gasteiger partial charge is 0.468 e. The maximum atomic E-state index is 11.6. The van der Waals surface area contributed by atoms with Crippen LogP contribution in [0.15, 0.2) is 0 Å². The Morgan fingerprint density at radius 2 is 2.07 bits per heavy atom. The van der Waals surface area contributed by atoms with Crippen molar-refractivity contribution in [2.45, 2.75) is 18.9 Å². The maximum Gasteiger partial charge on any atom is 0.323 e. The summed E-state index contributed by atoms with van der Waals surface area (Å²) in [6, 6.07) is 0.0564. The molecule has 1 heterocycles. The van der Waals surface area contributed by atoms with Gasteiger partial charge in [0.2, 0.25) is 0 Å². The molecule has 1 atom stereocenters. The number of hydrogen-bond acceptors (Lipinski definition) is 4. The fourth-order valence-corrected chi connectivity index (χ4v) is 2.96. The lowest BCUT2D eigenvalue weighted by molar-refractivity contribution is -0.147. The molecule has 1 aliphatic heterocycles. The topological polar surface area (TPSA) is 29.5 Å². The first kappa shape index (κ1) is 10.3. The van der Waals surface area contributed by atoms with Crippen molar-refractivity contribution in [1.29, 1.82) is 0 Å². The molecule has 14 heavy (non-hydrogen) atoms. The van der Waals surface area contributed by atoms with E-state index in [1.54, 1.807) is 0 Å². The second-order valence-electron chi connectivity index (χ2n) is 3.95. The zero-order valence-corrected chi connectivity index (χ0v) is 9.39. The van der Waals surface area contributed by atoms with E-state index in [2.05, 4.69) is 4.90 Å². The molecule has 1 saturated carbocycles. The quantitative estimate of drug-likeness (QED) is 0.657. The average Bonchev–Trinajstić information content (AvgIpc) is 3.04. The van der Waals surface area contributed by atoms with Crippen molar-refractivity contribution in [1.82, 2.24) is 4.90 Å². The van der Waals surface area contributed by atoms with E-state index in [9.17, 15) is 4.79 Å². The van der Waals surface area contributed by atoms with E-state index in [0.717, 1.165) is 24.6 Å². The minimum atomic E-state index is -0.0283. The Labute approximate surface area is 89.2 Å². The molecule has 1 saturated heterocycles. The molecule has 3 nitrogen and oxygen atoms in total. The van der Waals surface area contributed by atoms with E-state index >= 15 is 0 Å². The predicted octanol–water partition coefficient (Wildman–Crippen LogP) is 0.987. The molecule has 1 aliphatic carbocycles. The van der Waals surface area contributed by atoms with Crippen LogP contribution in [0.3, 0.4) is 0 Å². The van der Waals surface area contributed by atoms with Crippen LogP contribution in [0.5, 0.6) is 0 Å². The van der Waals surface area contributed by atoms with E-state index in [1.165, 1.54) is 20.0 Å². The van der Waals surface area contributed by atoms with Gasteiger partial charge in [-0.2, -0.15) is 11.8 Å². The van der Waals surface area contributed by atoms with E-state index in [4.69, 9.17) is 4.74 Å². The minimum Gasteiger partial charge on any atom is -0.468 e. The summed E-state index contributed by atoms with van der Waals surface area (Å²) < 4.78 is 4.88. The Balaban J connectivity index is 1.97. The Kier molecular flexibility index (Phi) is 3.34. The van der Waals surface area contributed by atoms with Gasteiger partial charge in [0.15, 0.2) is 0 Å². The van der Waals surface area contributed by atoms with Crippen molar-refractivity contribution in [2.24, 2.45) is 5.92 Å². The van der Waals surface area contributed by atoms with Crippen LogP contribution in [0.1, 0.15) is 12.8 Å². The predicted molar refractivity (Wildman–Crippen MR) is 57.4 cm³/mol. The van der Waals surface area contributed by atoms with Crippen molar-refractivity contribution in [3.05, 3.63) is 0 Å². The zero-order chi connectivity index (χ0) is 9.97. The van der Waals surface area contributed by atoms with Gasteiger partial charge in [-0.05, 0) is 18.8 Å². The highest BCUT2D eigenvalue weighted by atomic mass is 32.2. The Hall–Kier alpha value is -0.220. The highest BCUT2D eigenvalue weighted by Crippen LogP contribution is 2.36. The summed E-state index contributed by atoms with van der Waals surface area (Å²) in [5, 5.41) is 0. The van der Waals surface area contributed by atoms with Gasteiger partial charge < -0.3 is 4.74 Å². The first-order chi connectivity index (χ1) is 6.83. The summed E-state index contributed by atoms with van der Waals surface area (Å²) in [6.45, 7) is 2.09. The number of ether oxygens (including phenoxy) is 1. The van der Waals surface area contributed by atoms with Crippen LogP contribution in [-0.2, 0) is 9.53 Å². The second kappa shape index (κ2) is 4.53. The first-order valence-electron chi connectivity index (χ1n) is 5.22. The third-order valence-electron chi connectivity index (χ3n) is 2.95. The van der Waals surface area contributed by atoms with E-state index in [0.29, 0.717) is 5.92 Å². The first-order valence-corrected chi connectivity index (χ1v) is 6.38. The van der Waals surface area contributed by atoms with Crippen LogP contribution < -0.4 is 0 Å². The third kappa shape index (κ3) is 2.23. The van der Waals surface area contributed by atoms with Gasteiger partial charge in [0, 0.05) is 24.6 Å². The van der Waals surface area contributed by atoms with Crippen molar-refractivity contribution < 1.29 is 9.53 Å². The molecule has 2 fully saturated rings. The van der Waals surface area contributed by atoms with Crippen molar-refractivity contribution >= 4 is 17.7 Å². The normalized spacial score (nSPS) is 25.8. The molecule has 0 aromatic heterocycles. The fourth-order valence-electron chi connectivity index (χ4n) is 2.03. The summed E-state index contributed by atoms with van der Waals surface area (Å²) in [7, 11) is 1.50. The standard InChI is InChI=1S/C10H17NO2S/c1-13-10(12)9(8-2-3-8)11-4-6-14-7-5-11/h8-9H,2-7H2,1H3. The Morgan fingerprint density at radius 3 is 2.57 bits per heavy atom. The molecule has 2 aliphatic rings. The highest BCUT2D eigenvalue weighted by Gasteiger charge is 2.41. The third-order valence-corrected chi connectivity index (χ3v) is 3.89. The van der Waals surface area contributed by atoms with E-state index < -0.39 is 0 Å². The van der Waals surface area contributed by atoms with Gasteiger partial charge in [-0.1, -0.05) is 0 Å². The van der Waals surface area contributed by atoms with Crippen LogP contribution in [0.25, 0.3) is 0 Å². The lowest BCUT2D eigenvalue weighted by Crippen LogP contribution is -2.47. The highest BCUT2D eigenvalue weighted by molar-refractivity contribution is 7.99. The molecule has 0 N–H and O–H groups in total. The lowest BCUT2D eigenvalue weighted by Gasteiger charge is -2.32. The van der Waals surface area contributed by atoms with Gasteiger partial charge in [-0.25, -0.2) is 0 Å². The number of esters is 1. The summed E-state index contributed by atoms with van der Waals surface area (Å²) in [5.74, 6) is 2.85. The molecule has 0 amide bonds. The SMILES string of the molecule is COC(=O)C(C1CC1)N1CCSCC1. The molecule has 0 aromatic rings. The van der Waals surface area contributed by atoms with Gasteiger partial charge in [0.1, 0.15) is 6.04 Å². The number of thioether (sulfide) groups is 1. The van der Waals surface area contributed by atoms with Gasteiger partial charge in [0.25, 0.3) is 0 Å². The van der Waals surface area contributed by atoms with Crippen molar-refractivity contribution in [3.63, 3.8) is 0 Å². The van der Waals surface area contributed by atoms with Crippen molar-refractivity contribution in [3.8, 4) is 0 Å². The average molecular weight is 215 g/mol. The molecular weight excluding hydrogens is 198 g/mol. The summed E-state index contributed by atoms with van der Waals surface area (Å²) in [4.78, 5) is 13.9. The number of carbonyl (C=O) groups excluding carboxylic acids is 1. The Morgan fingerprint density at radius 1 is 1.43 bits per heavy atom. The molecule has 4 heteroatoms. The van der Waals surface area contributed by atoms with Crippen LogP contribution in [0.4, 0.5) is 0 Å². The molecule has 1 unspecified atom stereocenters. The van der Waals surface area contributed by atoms with Gasteiger partial charge >= 0.3 is 5.97 Å². The van der Waals surface area contributed by atoms with Gasteiger partial charge in [-0.3, -0.25) is 9.69 Å². The molecule has 0 aromatic carbocycles. The second-order valence-corrected chi connectivity index (χ2v) is 5.18. The number of rotatable bonds is 3. The lowest BCUT2D eigenvalue weighted by atomic mass is 10.1. The van der Waals surface area contributed by atoms with Crippen LogP contribution in [-0.4, -0.2) is 48.6 Å². The van der Waals surface area contributed by atoms with E-state index in [1.807, 2.05) is 11.8 Å². The van der Waals surface area contributed by atoms with Crippen molar-refractivity contribution in [2.75, 3.05) is 31.7 Å². The molecule has 80 valence electrons.